The van der Waals surface area contributed by atoms with Crippen LogP contribution in [0.4, 0.5) is 11.5 Å². The number of aryl methyl sites for hydroxylation is 1. The van der Waals surface area contributed by atoms with Crippen molar-refractivity contribution in [2.24, 2.45) is 0 Å². The number of hydrogen-bond acceptors (Lipinski definition) is 3. The Morgan fingerprint density at radius 2 is 1.59 bits per heavy atom. The van der Waals surface area contributed by atoms with Crippen LogP contribution in [0.25, 0.3) is 0 Å². The predicted molar refractivity (Wildman–Crippen MR) is 86.8 cm³/mol. The lowest BCUT2D eigenvalue weighted by molar-refractivity contribution is -0.133. The molecular formula is C17H19N3O2. The molecule has 5 nitrogen and oxygen atoms in total. The first kappa shape index (κ1) is 15.7. The Hall–Kier alpha value is -2.69. The molecule has 2 aromatic rings. The lowest BCUT2D eigenvalue weighted by atomic mass is 10.0. The third-order valence-corrected chi connectivity index (χ3v) is 3.17. The lowest BCUT2D eigenvalue weighted by Gasteiger charge is -2.08. The van der Waals surface area contributed by atoms with Crippen LogP contribution < -0.4 is 10.6 Å². The maximum Gasteiger partial charge on any atom is 0.315 e. The summed E-state index contributed by atoms with van der Waals surface area (Å²) < 4.78 is 0. The van der Waals surface area contributed by atoms with Gasteiger partial charge in [0.15, 0.2) is 0 Å². The summed E-state index contributed by atoms with van der Waals surface area (Å²) in [5.41, 5.74) is 2.52. The molecule has 0 atom stereocenters. The maximum atomic E-state index is 11.9. The first-order chi connectivity index (χ1) is 10.5. The monoisotopic (exact) mass is 297 g/mol. The largest absolute Gasteiger partial charge is 0.318 e. The number of nitrogens with one attached hydrogen (secondary N) is 2. The van der Waals surface area contributed by atoms with Crippen LogP contribution in [0, 0.1) is 6.92 Å². The Balaban J connectivity index is 1.98. The Bertz CT molecular complexity index is 679. The van der Waals surface area contributed by atoms with Crippen molar-refractivity contribution in [3.05, 3.63) is 53.7 Å². The highest BCUT2D eigenvalue weighted by atomic mass is 16.2. The standard InChI is InChI=1S/C17H19N3O2/c1-11(2)13-7-9-14(10-8-13)19-16(21)17(22)20-15-6-4-5-12(3)18-15/h4-11H,1-3H3,(H,19,21)(H,18,20,22). The van der Waals surface area contributed by atoms with Crippen molar-refractivity contribution in [3.63, 3.8) is 0 Å². The zero-order valence-electron chi connectivity index (χ0n) is 12.9. The van der Waals surface area contributed by atoms with E-state index in [9.17, 15) is 9.59 Å². The number of pyridine rings is 1. The summed E-state index contributed by atoms with van der Waals surface area (Å²) in [7, 11) is 0. The Kier molecular flexibility index (Phi) is 4.88. The average Bonchev–Trinajstić information content (AvgIpc) is 2.47. The Labute approximate surface area is 129 Å². The molecular weight excluding hydrogens is 278 g/mol. The van der Waals surface area contributed by atoms with Gasteiger partial charge in [0.1, 0.15) is 5.82 Å². The molecule has 1 aromatic heterocycles. The van der Waals surface area contributed by atoms with Gasteiger partial charge in [0, 0.05) is 11.4 Å². The maximum absolute atomic E-state index is 11.9. The quantitative estimate of drug-likeness (QED) is 0.855. The lowest BCUT2D eigenvalue weighted by Crippen LogP contribution is -2.29. The first-order valence-electron chi connectivity index (χ1n) is 7.11. The van der Waals surface area contributed by atoms with Crippen LogP contribution in [-0.4, -0.2) is 16.8 Å². The zero-order chi connectivity index (χ0) is 16.1. The number of amides is 2. The molecule has 114 valence electrons. The highest BCUT2D eigenvalue weighted by Gasteiger charge is 2.14. The summed E-state index contributed by atoms with van der Waals surface area (Å²) in [5.74, 6) is -0.692. The molecule has 0 fully saturated rings. The Morgan fingerprint density at radius 1 is 0.955 bits per heavy atom. The van der Waals surface area contributed by atoms with E-state index in [2.05, 4.69) is 29.5 Å². The SMILES string of the molecule is Cc1cccc(NC(=O)C(=O)Nc2ccc(C(C)C)cc2)n1. The minimum atomic E-state index is -0.744. The van der Waals surface area contributed by atoms with Crippen molar-refractivity contribution in [2.45, 2.75) is 26.7 Å². The third-order valence-electron chi connectivity index (χ3n) is 3.17. The highest BCUT2D eigenvalue weighted by Crippen LogP contribution is 2.17. The molecule has 0 saturated carbocycles. The molecule has 22 heavy (non-hydrogen) atoms. The van der Waals surface area contributed by atoms with Crippen molar-refractivity contribution in [2.75, 3.05) is 10.6 Å². The van der Waals surface area contributed by atoms with Crippen LogP contribution in [0.2, 0.25) is 0 Å². The van der Waals surface area contributed by atoms with Crippen molar-refractivity contribution in [1.82, 2.24) is 4.98 Å². The summed E-state index contributed by atoms with van der Waals surface area (Å²) in [4.78, 5) is 27.8. The molecule has 0 bridgehead atoms. The van der Waals surface area contributed by atoms with Crippen molar-refractivity contribution in [1.29, 1.82) is 0 Å². The number of carbonyl (C=O) groups excluding carboxylic acids is 2. The third kappa shape index (κ3) is 4.15. The minimum absolute atomic E-state index is 0.357. The van der Waals surface area contributed by atoms with E-state index in [1.54, 1.807) is 24.3 Å². The fourth-order valence-electron chi connectivity index (χ4n) is 1.92. The molecule has 0 spiro atoms. The van der Waals surface area contributed by atoms with Crippen LogP contribution in [0.5, 0.6) is 0 Å². The van der Waals surface area contributed by atoms with Gasteiger partial charge in [-0.3, -0.25) is 9.59 Å². The van der Waals surface area contributed by atoms with Gasteiger partial charge in [-0.1, -0.05) is 32.0 Å². The average molecular weight is 297 g/mol. The molecule has 2 rings (SSSR count). The molecule has 5 heteroatoms. The molecule has 0 unspecified atom stereocenters. The zero-order valence-corrected chi connectivity index (χ0v) is 12.9. The molecule has 0 aliphatic rings. The normalized spacial score (nSPS) is 10.4. The van der Waals surface area contributed by atoms with E-state index in [1.807, 2.05) is 25.1 Å². The van der Waals surface area contributed by atoms with Gasteiger partial charge in [0.25, 0.3) is 0 Å². The van der Waals surface area contributed by atoms with Crippen LogP contribution in [0.15, 0.2) is 42.5 Å². The van der Waals surface area contributed by atoms with Gasteiger partial charge in [0.2, 0.25) is 0 Å². The van der Waals surface area contributed by atoms with Crippen LogP contribution in [0.3, 0.4) is 0 Å². The molecule has 0 saturated heterocycles. The second-order valence-electron chi connectivity index (χ2n) is 5.35. The highest BCUT2D eigenvalue weighted by molar-refractivity contribution is 6.43. The summed E-state index contributed by atoms with van der Waals surface area (Å²) >= 11 is 0. The molecule has 1 aromatic carbocycles. The molecule has 0 aliphatic heterocycles. The number of rotatable bonds is 3. The Morgan fingerprint density at radius 3 is 2.18 bits per heavy atom. The smallest absolute Gasteiger partial charge is 0.315 e. The first-order valence-corrected chi connectivity index (χ1v) is 7.11. The predicted octanol–water partition coefficient (Wildman–Crippen LogP) is 3.09. The number of benzene rings is 1. The summed E-state index contributed by atoms with van der Waals surface area (Å²) in [5, 5.41) is 5.03. The van der Waals surface area contributed by atoms with Gasteiger partial charge in [-0.2, -0.15) is 0 Å². The van der Waals surface area contributed by atoms with Crippen molar-refractivity contribution in [3.8, 4) is 0 Å². The van der Waals surface area contributed by atoms with Crippen molar-refractivity contribution < 1.29 is 9.59 Å². The van der Waals surface area contributed by atoms with Gasteiger partial charge in [-0.05, 0) is 42.7 Å². The number of anilines is 2. The number of aromatic nitrogens is 1. The molecule has 0 radical (unpaired) electrons. The van der Waals surface area contributed by atoms with Gasteiger partial charge >= 0.3 is 11.8 Å². The topological polar surface area (TPSA) is 71.1 Å². The van der Waals surface area contributed by atoms with Crippen LogP contribution >= 0.6 is 0 Å². The van der Waals surface area contributed by atoms with E-state index < -0.39 is 11.8 Å². The molecule has 1 heterocycles. The number of carbonyl (C=O) groups is 2. The van der Waals surface area contributed by atoms with E-state index in [0.29, 0.717) is 17.4 Å². The van der Waals surface area contributed by atoms with Crippen molar-refractivity contribution >= 4 is 23.3 Å². The second-order valence-corrected chi connectivity index (χ2v) is 5.35. The molecule has 2 N–H and O–H groups in total. The van der Waals surface area contributed by atoms with E-state index in [4.69, 9.17) is 0 Å². The van der Waals surface area contributed by atoms with Crippen LogP contribution in [0.1, 0.15) is 31.0 Å². The summed E-state index contributed by atoms with van der Waals surface area (Å²) in [6, 6.07) is 12.6. The number of nitrogens with zero attached hydrogens (tertiary/aromatic N) is 1. The van der Waals surface area contributed by atoms with Gasteiger partial charge in [0.05, 0.1) is 0 Å². The fraction of sp³-hybridized carbons (Fsp3) is 0.235. The van der Waals surface area contributed by atoms with Gasteiger partial charge in [-0.25, -0.2) is 4.98 Å². The van der Waals surface area contributed by atoms with E-state index in [1.165, 1.54) is 5.56 Å². The van der Waals surface area contributed by atoms with E-state index in [0.717, 1.165) is 5.69 Å². The fourth-order valence-corrected chi connectivity index (χ4v) is 1.92. The second kappa shape index (κ2) is 6.85. The molecule has 0 aliphatic carbocycles. The van der Waals surface area contributed by atoms with E-state index in [-0.39, 0.29) is 0 Å². The van der Waals surface area contributed by atoms with Crippen LogP contribution in [-0.2, 0) is 9.59 Å². The number of hydrogen-bond donors (Lipinski definition) is 2. The molecule has 2 amide bonds. The van der Waals surface area contributed by atoms with Gasteiger partial charge < -0.3 is 10.6 Å². The summed E-state index contributed by atoms with van der Waals surface area (Å²) in [6.07, 6.45) is 0. The van der Waals surface area contributed by atoms with Gasteiger partial charge in [-0.15, -0.1) is 0 Å². The summed E-state index contributed by atoms with van der Waals surface area (Å²) in [6.45, 7) is 6.00. The minimum Gasteiger partial charge on any atom is -0.318 e. The van der Waals surface area contributed by atoms with E-state index >= 15 is 0 Å².